The fourth-order valence-electron chi connectivity index (χ4n) is 9.02. The number of rotatable bonds is 7. The molecule has 7 nitrogen and oxygen atoms in total. The third kappa shape index (κ3) is 5.61. The van der Waals surface area contributed by atoms with E-state index < -0.39 is 5.97 Å². The van der Waals surface area contributed by atoms with Crippen LogP contribution >= 0.6 is 11.3 Å². The number of hydrogen-bond acceptors (Lipinski definition) is 6. The van der Waals surface area contributed by atoms with Crippen molar-refractivity contribution in [3.8, 4) is 21.8 Å². The summed E-state index contributed by atoms with van der Waals surface area (Å²) >= 11 is 1.72. The zero-order valence-corrected chi connectivity index (χ0v) is 29.4. The number of hydrogen-bond donors (Lipinski definition) is 1. The lowest BCUT2D eigenvalue weighted by atomic mass is 9.81. The van der Waals surface area contributed by atoms with Crippen LogP contribution in [0.4, 0.5) is 5.69 Å². The molecular weight excluding hydrogens is 615 g/mol. The summed E-state index contributed by atoms with van der Waals surface area (Å²) < 4.78 is 2.47. The summed E-state index contributed by atoms with van der Waals surface area (Å²) in [5.41, 5.74) is 9.77. The third-order valence-corrected chi connectivity index (χ3v) is 12.5. The Bertz CT molecular complexity index is 2000. The number of nitrogens with zero attached hydrogens (tertiary/aromatic N) is 5. The number of anilines is 1. The van der Waals surface area contributed by atoms with Crippen LogP contribution in [-0.4, -0.2) is 63.2 Å². The molecule has 1 N–H and O–H groups in total. The second-order valence-corrected chi connectivity index (χ2v) is 15.5. The SMILES string of the molecule is CCN1CCCC(CCN2CCn3c(c(C4CCCCC4)c4ccc(C(=O)O)cc43)-c3ccc4nc(-c5sc(C)nc5C)ccc4c32)C1. The molecule has 3 aromatic heterocycles. The maximum Gasteiger partial charge on any atom is 0.335 e. The summed E-state index contributed by atoms with van der Waals surface area (Å²) in [5, 5.41) is 13.5. The molecule has 48 heavy (non-hydrogen) atoms. The van der Waals surface area contributed by atoms with Gasteiger partial charge in [-0.1, -0.05) is 32.3 Å². The molecule has 5 aromatic rings. The van der Waals surface area contributed by atoms with Crippen LogP contribution in [0, 0.1) is 19.8 Å². The Morgan fingerprint density at radius 3 is 2.54 bits per heavy atom. The van der Waals surface area contributed by atoms with Crippen molar-refractivity contribution in [2.45, 2.75) is 84.6 Å². The second kappa shape index (κ2) is 12.9. The Labute approximate surface area is 287 Å². The lowest BCUT2D eigenvalue weighted by Crippen LogP contribution is -2.37. The average molecular weight is 662 g/mol. The third-order valence-electron chi connectivity index (χ3n) is 11.4. The van der Waals surface area contributed by atoms with Crippen molar-refractivity contribution < 1.29 is 9.90 Å². The minimum Gasteiger partial charge on any atom is -0.478 e. The number of benzene rings is 2. The summed E-state index contributed by atoms with van der Waals surface area (Å²) in [6.45, 7) is 12.7. The predicted molar refractivity (Wildman–Crippen MR) is 198 cm³/mol. The molecule has 0 radical (unpaired) electrons. The number of carboxylic acid groups (broad SMARTS) is 1. The number of aromatic nitrogens is 3. The number of aryl methyl sites for hydroxylation is 2. The van der Waals surface area contributed by atoms with Gasteiger partial charge in [0.15, 0.2) is 0 Å². The van der Waals surface area contributed by atoms with Crippen molar-refractivity contribution in [1.82, 2.24) is 19.4 Å². The highest BCUT2D eigenvalue weighted by molar-refractivity contribution is 7.15. The Balaban J connectivity index is 1.31. The predicted octanol–water partition coefficient (Wildman–Crippen LogP) is 9.28. The van der Waals surface area contributed by atoms with Gasteiger partial charge >= 0.3 is 5.97 Å². The molecule has 1 unspecified atom stereocenters. The van der Waals surface area contributed by atoms with E-state index in [1.165, 1.54) is 97.7 Å². The van der Waals surface area contributed by atoms with E-state index in [1.54, 1.807) is 11.3 Å². The van der Waals surface area contributed by atoms with Crippen LogP contribution in [0.15, 0.2) is 42.5 Å². The molecule has 1 atom stereocenters. The smallest absolute Gasteiger partial charge is 0.335 e. The van der Waals surface area contributed by atoms with Gasteiger partial charge in [0.25, 0.3) is 0 Å². The van der Waals surface area contributed by atoms with Crippen molar-refractivity contribution in [2.75, 3.05) is 37.6 Å². The number of aromatic carboxylic acids is 1. The number of likely N-dealkylation sites (tertiary alicyclic amines) is 1. The number of thiazole rings is 1. The summed E-state index contributed by atoms with van der Waals surface area (Å²) in [6, 6.07) is 14.9. The Morgan fingerprint density at radius 1 is 0.938 bits per heavy atom. The molecule has 8 heteroatoms. The molecule has 8 rings (SSSR count). The zero-order chi connectivity index (χ0) is 32.9. The molecule has 250 valence electrons. The second-order valence-electron chi connectivity index (χ2n) is 14.3. The van der Waals surface area contributed by atoms with Crippen LogP contribution in [0.25, 0.3) is 43.6 Å². The van der Waals surface area contributed by atoms with E-state index in [4.69, 9.17) is 4.98 Å². The molecule has 1 aliphatic carbocycles. The van der Waals surface area contributed by atoms with E-state index in [-0.39, 0.29) is 0 Å². The van der Waals surface area contributed by atoms with Crippen LogP contribution in [0.5, 0.6) is 0 Å². The van der Waals surface area contributed by atoms with Gasteiger partial charge in [-0.25, -0.2) is 14.8 Å². The van der Waals surface area contributed by atoms with E-state index in [2.05, 4.69) is 70.5 Å². The number of carbonyl (C=O) groups is 1. The quantitative estimate of drug-likeness (QED) is 0.187. The summed E-state index contributed by atoms with van der Waals surface area (Å²) in [6.07, 6.45) is 9.94. The molecule has 1 saturated carbocycles. The highest BCUT2D eigenvalue weighted by Crippen LogP contribution is 2.49. The zero-order valence-electron chi connectivity index (χ0n) is 28.6. The minimum atomic E-state index is -0.866. The van der Waals surface area contributed by atoms with Crippen molar-refractivity contribution >= 4 is 44.8 Å². The largest absolute Gasteiger partial charge is 0.478 e. The first-order valence-electron chi connectivity index (χ1n) is 18.1. The minimum absolute atomic E-state index is 0.362. The normalized spacial score (nSPS) is 19.1. The lowest BCUT2D eigenvalue weighted by Gasteiger charge is -2.34. The van der Waals surface area contributed by atoms with Gasteiger partial charge in [0.1, 0.15) is 0 Å². The number of carboxylic acids is 1. The topological polar surface area (TPSA) is 74.5 Å². The molecule has 5 heterocycles. The first kappa shape index (κ1) is 31.5. The molecule has 2 fully saturated rings. The first-order chi connectivity index (χ1) is 23.4. The summed E-state index contributed by atoms with van der Waals surface area (Å²) in [5.74, 6) is 0.317. The van der Waals surface area contributed by atoms with E-state index in [1.807, 2.05) is 12.1 Å². The van der Waals surface area contributed by atoms with Gasteiger partial charge in [0.05, 0.1) is 43.7 Å². The Hall–Kier alpha value is -3.75. The van der Waals surface area contributed by atoms with E-state index in [0.29, 0.717) is 17.4 Å². The highest BCUT2D eigenvalue weighted by Gasteiger charge is 2.32. The van der Waals surface area contributed by atoms with Gasteiger partial charge in [-0.2, -0.15) is 0 Å². The molecule has 0 bridgehead atoms. The van der Waals surface area contributed by atoms with Crippen LogP contribution < -0.4 is 4.90 Å². The number of fused-ring (bicyclic) bond motifs is 7. The van der Waals surface area contributed by atoms with E-state index in [0.717, 1.165) is 58.5 Å². The van der Waals surface area contributed by atoms with Crippen LogP contribution in [-0.2, 0) is 6.54 Å². The lowest BCUT2D eigenvalue weighted by molar-refractivity contribution is 0.0697. The van der Waals surface area contributed by atoms with Crippen molar-refractivity contribution in [3.63, 3.8) is 0 Å². The Kier molecular flexibility index (Phi) is 8.49. The van der Waals surface area contributed by atoms with E-state index >= 15 is 0 Å². The van der Waals surface area contributed by atoms with Crippen molar-refractivity contribution in [1.29, 1.82) is 0 Å². The van der Waals surface area contributed by atoms with Gasteiger partial charge in [-0.3, -0.25) is 0 Å². The van der Waals surface area contributed by atoms with Crippen LogP contribution in [0.1, 0.15) is 90.8 Å². The molecule has 1 saturated heterocycles. The van der Waals surface area contributed by atoms with Crippen molar-refractivity contribution in [3.05, 3.63) is 64.3 Å². The first-order valence-corrected chi connectivity index (χ1v) is 19.0. The summed E-state index contributed by atoms with van der Waals surface area (Å²) in [4.78, 5) is 28.6. The molecule has 3 aliphatic rings. The van der Waals surface area contributed by atoms with Gasteiger partial charge in [0.2, 0.25) is 0 Å². The maximum atomic E-state index is 12.2. The highest BCUT2D eigenvalue weighted by atomic mass is 32.1. The van der Waals surface area contributed by atoms with Crippen LogP contribution in [0.2, 0.25) is 0 Å². The monoisotopic (exact) mass is 661 g/mol. The molecule has 2 aromatic carbocycles. The van der Waals surface area contributed by atoms with E-state index in [9.17, 15) is 9.90 Å². The molecule has 0 spiro atoms. The fraction of sp³-hybridized carbons (Fsp3) is 0.475. The molecular formula is C40H47N5O2S. The average Bonchev–Trinajstić information content (AvgIpc) is 3.57. The molecule has 2 aliphatic heterocycles. The van der Waals surface area contributed by atoms with Gasteiger partial charge in [-0.15, -0.1) is 11.3 Å². The van der Waals surface area contributed by atoms with Crippen LogP contribution in [0.3, 0.4) is 0 Å². The summed E-state index contributed by atoms with van der Waals surface area (Å²) in [7, 11) is 0. The number of piperidine rings is 1. The van der Waals surface area contributed by atoms with Crippen molar-refractivity contribution in [2.24, 2.45) is 5.92 Å². The molecule has 0 amide bonds. The van der Waals surface area contributed by atoms with Gasteiger partial charge < -0.3 is 19.5 Å². The number of pyridine rings is 1. The maximum absolute atomic E-state index is 12.2. The Morgan fingerprint density at radius 2 is 1.77 bits per heavy atom. The van der Waals surface area contributed by atoms with Gasteiger partial charge in [0, 0.05) is 48.0 Å². The van der Waals surface area contributed by atoms with Gasteiger partial charge in [-0.05, 0) is 113 Å². The standard InChI is InChI=1S/C40H47N5O2S/c1-4-43-19-8-9-27(24-43)18-20-44-21-22-45-35-23-29(40(46)47)12-13-31(35)36(28-10-6-5-7-11-28)38(45)32-15-16-33-30(37(32)44)14-17-34(42-33)39-25(2)41-26(3)48-39/h12-17,23,27-28H,4-11,18-22,24H2,1-3H3,(H,46,47). The fourth-order valence-corrected chi connectivity index (χ4v) is 9.91.